The van der Waals surface area contributed by atoms with E-state index in [1.54, 1.807) is 24.3 Å². The second kappa shape index (κ2) is 5.25. The molecule has 2 nitrogen and oxygen atoms in total. The standard InChI is InChI=1S/C9H9BrClNO/c10-6-5-9(13)12-8-3-1-7(11)2-4-8/h1-4H,5-6H2,(H,12,13). The van der Waals surface area contributed by atoms with Crippen LogP contribution in [0.3, 0.4) is 0 Å². The first-order chi connectivity index (χ1) is 6.22. The van der Waals surface area contributed by atoms with Crippen LogP contribution in [-0.2, 0) is 4.79 Å². The normalized spacial score (nSPS) is 9.69. The smallest absolute Gasteiger partial charge is 0.225 e. The van der Waals surface area contributed by atoms with E-state index in [-0.39, 0.29) is 5.91 Å². The highest BCUT2D eigenvalue weighted by Crippen LogP contribution is 2.13. The second-order valence-corrected chi connectivity index (χ2v) is 3.72. The van der Waals surface area contributed by atoms with E-state index in [0.29, 0.717) is 16.8 Å². The predicted molar refractivity (Wildman–Crippen MR) is 58.5 cm³/mol. The minimum atomic E-state index is -0.000743. The lowest BCUT2D eigenvalue weighted by molar-refractivity contribution is -0.115. The predicted octanol–water partition coefficient (Wildman–Crippen LogP) is 3.06. The van der Waals surface area contributed by atoms with Gasteiger partial charge in [-0.05, 0) is 24.3 Å². The summed E-state index contributed by atoms with van der Waals surface area (Å²) in [6.07, 6.45) is 0.475. The number of nitrogens with one attached hydrogen (secondary N) is 1. The van der Waals surface area contributed by atoms with Crippen LogP contribution >= 0.6 is 27.5 Å². The molecule has 0 spiro atoms. The molecular weight excluding hydrogens is 253 g/mol. The van der Waals surface area contributed by atoms with Crippen LogP contribution in [0, 0.1) is 0 Å². The van der Waals surface area contributed by atoms with Crippen molar-refractivity contribution in [3.05, 3.63) is 29.3 Å². The van der Waals surface area contributed by atoms with Gasteiger partial charge in [-0.3, -0.25) is 4.79 Å². The third kappa shape index (κ3) is 3.79. The van der Waals surface area contributed by atoms with Gasteiger partial charge >= 0.3 is 0 Å². The van der Waals surface area contributed by atoms with Gasteiger partial charge in [0.25, 0.3) is 0 Å². The molecular formula is C9H9BrClNO. The number of carbonyl (C=O) groups excluding carboxylic acids is 1. The average Bonchev–Trinajstić information content (AvgIpc) is 2.09. The van der Waals surface area contributed by atoms with Crippen LogP contribution in [0.1, 0.15) is 6.42 Å². The van der Waals surface area contributed by atoms with Crippen molar-refractivity contribution < 1.29 is 4.79 Å². The van der Waals surface area contributed by atoms with Crippen molar-refractivity contribution in [3.63, 3.8) is 0 Å². The van der Waals surface area contributed by atoms with E-state index in [2.05, 4.69) is 21.2 Å². The highest BCUT2D eigenvalue weighted by molar-refractivity contribution is 9.09. The van der Waals surface area contributed by atoms with Crippen LogP contribution in [0.25, 0.3) is 0 Å². The molecule has 0 radical (unpaired) electrons. The number of benzene rings is 1. The number of halogens is 2. The Bertz CT molecular complexity index is 286. The quantitative estimate of drug-likeness (QED) is 0.834. The summed E-state index contributed by atoms with van der Waals surface area (Å²) in [6.45, 7) is 0. The number of alkyl halides is 1. The Morgan fingerprint density at radius 2 is 2.00 bits per heavy atom. The summed E-state index contributed by atoms with van der Waals surface area (Å²) in [5.74, 6) is -0.000743. The number of amides is 1. The van der Waals surface area contributed by atoms with E-state index in [4.69, 9.17) is 11.6 Å². The Hall–Kier alpha value is -0.540. The lowest BCUT2D eigenvalue weighted by Crippen LogP contribution is -2.11. The molecule has 0 bridgehead atoms. The summed E-state index contributed by atoms with van der Waals surface area (Å²) in [5, 5.41) is 4.08. The molecule has 1 rings (SSSR count). The molecule has 0 heterocycles. The topological polar surface area (TPSA) is 29.1 Å². The minimum Gasteiger partial charge on any atom is -0.326 e. The summed E-state index contributed by atoms with van der Waals surface area (Å²) in [6, 6.07) is 7.03. The molecule has 1 aromatic rings. The molecule has 4 heteroatoms. The fourth-order valence-electron chi connectivity index (χ4n) is 0.843. The maximum absolute atomic E-state index is 11.1. The molecule has 1 amide bonds. The molecule has 0 saturated heterocycles. The van der Waals surface area contributed by atoms with Crippen LogP contribution < -0.4 is 5.32 Å². The molecule has 13 heavy (non-hydrogen) atoms. The van der Waals surface area contributed by atoms with Crippen LogP contribution in [0.2, 0.25) is 5.02 Å². The van der Waals surface area contributed by atoms with E-state index in [0.717, 1.165) is 5.69 Å². The number of hydrogen-bond donors (Lipinski definition) is 1. The van der Waals surface area contributed by atoms with Crippen LogP contribution in [0.4, 0.5) is 5.69 Å². The molecule has 0 aliphatic rings. The fraction of sp³-hybridized carbons (Fsp3) is 0.222. The third-order valence-corrected chi connectivity index (χ3v) is 2.10. The summed E-state index contributed by atoms with van der Waals surface area (Å²) >= 11 is 8.88. The lowest BCUT2D eigenvalue weighted by Gasteiger charge is -2.02. The average molecular weight is 263 g/mol. The first-order valence-electron chi connectivity index (χ1n) is 3.84. The van der Waals surface area contributed by atoms with Crippen LogP contribution in [-0.4, -0.2) is 11.2 Å². The second-order valence-electron chi connectivity index (χ2n) is 2.49. The van der Waals surface area contributed by atoms with Crippen molar-refractivity contribution in [3.8, 4) is 0 Å². The maximum atomic E-state index is 11.1. The largest absolute Gasteiger partial charge is 0.326 e. The van der Waals surface area contributed by atoms with E-state index < -0.39 is 0 Å². The highest BCUT2D eigenvalue weighted by atomic mass is 79.9. The fourth-order valence-corrected chi connectivity index (χ4v) is 1.33. The monoisotopic (exact) mass is 261 g/mol. The zero-order valence-corrected chi connectivity index (χ0v) is 9.23. The van der Waals surface area contributed by atoms with Gasteiger partial charge in [-0.15, -0.1) is 0 Å². The summed E-state index contributed by atoms with van der Waals surface area (Å²) < 4.78 is 0. The zero-order chi connectivity index (χ0) is 9.68. The van der Waals surface area contributed by atoms with E-state index in [9.17, 15) is 4.79 Å². The van der Waals surface area contributed by atoms with Crippen molar-refractivity contribution in [1.29, 1.82) is 0 Å². The van der Waals surface area contributed by atoms with E-state index in [1.165, 1.54) is 0 Å². The molecule has 0 fully saturated rings. The Morgan fingerprint density at radius 3 is 2.54 bits per heavy atom. The van der Waals surface area contributed by atoms with E-state index >= 15 is 0 Å². The van der Waals surface area contributed by atoms with Gasteiger partial charge in [-0.1, -0.05) is 27.5 Å². The summed E-state index contributed by atoms with van der Waals surface area (Å²) in [4.78, 5) is 11.1. The van der Waals surface area contributed by atoms with Crippen molar-refractivity contribution in [2.45, 2.75) is 6.42 Å². The number of rotatable bonds is 3. The first-order valence-corrected chi connectivity index (χ1v) is 5.33. The van der Waals surface area contributed by atoms with Gasteiger partial charge in [-0.25, -0.2) is 0 Å². The van der Waals surface area contributed by atoms with Gasteiger partial charge in [-0.2, -0.15) is 0 Å². The van der Waals surface area contributed by atoms with E-state index in [1.807, 2.05) is 0 Å². The van der Waals surface area contributed by atoms with Gasteiger partial charge in [0.2, 0.25) is 5.91 Å². The third-order valence-electron chi connectivity index (χ3n) is 1.45. The van der Waals surface area contributed by atoms with Crippen molar-refractivity contribution in [2.75, 3.05) is 10.6 Å². The van der Waals surface area contributed by atoms with Crippen molar-refractivity contribution in [2.24, 2.45) is 0 Å². The SMILES string of the molecule is O=C(CCBr)Nc1ccc(Cl)cc1. The lowest BCUT2D eigenvalue weighted by atomic mass is 10.3. The molecule has 0 aromatic heterocycles. The molecule has 1 N–H and O–H groups in total. The van der Waals surface area contributed by atoms with Crippen LogP contribution in [0.5, 0.6) is 0 Å². The molecule has 0 atom stereocenters. The highest BCUT2D eigenvalue weighted by Gasteiger charge is 1.99. The molecule has 0 unspecified atom stereocenters. The number of hydrogen-bond acceptors (Lipinski definition) is 1. The van der Waals surface area contributed by atoms with Gasteiger partial charge in [0.05, 0.1) is 0 Å². The van der Waals surface area contributed by atoms with Crippen molar-refractivity contribution >= 4 is 39.1 Å². The Kier molecular flexibility index (Phi) is 4.25. The zero-order valence-electron chi connectivity index (χ0n) is 6.89. The van der Waals surface area contributed by atoms with Gasteiger partial charge in [0, 0.05) is 22.5 Å². The van der Waals surface area contributed by atoms with Gasteiger partial charge in [0.15, 0.2) is 0 Å². The van der Waals surface area contributed by atoms with Gasteiger partial charge in [0.1, 0.15) is 0 Å². The van der Waals surface area contributed by atoms with Crippen molar-refractivity contribution in [1.82, 2.24) is 0 Å². The molecule has 70 valence electrons. The number of carbonyl (C=O) groups is 1. The Balaban J connectivity index is 2.54. The minimum absolute atomic E-state index is 0.000743. The summed E-state index contributed by atoms with van der Waals surface area (Å²) in [7, 11) is 0. The Labute approximate surface area is 90.4 Å². The molecule has 0 saturated carbocycles. The Morgan fingerprint density at radius 1 is 1.38 bits per heavy atom. The van der Waals surface area contributed by atoms with Gasteiger partial charge < -0.3 is 5.32 Å². The maximum Gasteiger partial charge on any atom is 0.225 e. The van der Waals surface area contributed by atoms with Crippen LogP contribution in [0.15, 0.2) is 24.3 Å². The molecule has 1 aromatic carbocycles. The molecule has 0 aliphatic heterocycles. The summed E-state index contributed by atoms with van der Waals surface area (Å²) in [5.41, 5.74) is 0.773. The molecule has 0 aliphatic carbocycles. The first kappa shape index (κ1) is 10.5. The number of anilines is 1.